The second kappa shape index (κ2) is 4.25. The molecule has 0 N–H and O–H groups in total. The van der Waals surface area contributed by atoms with Gasteiger partial charge in [0.25, 0.3) is 0 Å². The molecular weight excluding hydrogens is 224 g/mol. The van der Waals surface area contributed by atoms with Gasteiger partial charge in [0.05, 0.1) is 19.4 Å². The molecule has 1 heterocycles. The van der Waals surface area contributed by atoms with E-state index in [0.717, 1.165) is 5.70 Å². The maximum absolute atomic E-state index is 10.9. The van der Waals surface area contributed by atoms with Crippen molar-refractivity contribution in [3.8, 4) is 0 Å². The Morgan fingerprint density at radius 3 is 3.08 bits per heavy atom. The standard InChI is InChI=1S/C7H9BrN2O2/c1-12-7(11)10-3-2-6(4-8)9-5-10/h2,5H,3-4H2,1H3. The van der Waals surface area contributed by atoms with Gasteiger partial charge < -0.3 is 4.74 Å². The zero-order chi connectivity index (χ0) is 8.97. The number of hydrogen-bond acceptors (Lipinski definition) is 3. The van der Waals surface area contributed by atoms with Crippen molar-refractivity contribution in [1.82, 2.24) is 4.90 Å². The molecule has 1 aliphatic rings. The molecule has 0 radical (unpaired) electrons. The molecule has 1 rings (SSSR count). The van der Waals surface area contributed by atoms with E-state index in [1.807, 2.05) is 6.08 Å². The van der Waals surface area contributed by atoms with Gasteiger partial charge in [-0.15, -0.1) is 0 Å². The summed E-state index contributed by atoms with van der Waals surface area (Å²) in [6, 6.07) is 0. The van der Waals surface area contributed by atoms with Gasteiger partial charge in [-0.2, -0.15) is 0 Å². The molecule has 0 aromatic rings. The third-order valence-corrected chi connectivity index (χ3v) is 2.01. The van der Waals surface area contributed by atoms with Crippen LogP contribution in [-0.2, 0) is 4.74 Å². The molecule has 1 aliphatic heterocycles. The smallest absolute Gasteiger partial charge is 0.415 e. The first kappa shape index (κ1) is 9.25. The lowest BCUT2D eigenvalue weighted by molar-refractivity contribution is 0.149. The number of methoxy groups -OCH3 is 1. The molecular formula is C7H9BrN2O2. The number of alkyl halides is 1. The summed E-state index contributed by atoms with van der Waals surface area (Å²) < 4.78 is 4.51. The first-order chi connectivity index (χ1) is 5.77. The summed E-state index contributed by atoms with van der Waals surface area (Å²) >= 11 is 3.27. The number of carbonyl (C=O) groups is 1. The van der Waals surface area contributed by atoms with Crippen molar-refractivity contribution >= 4 is 28.4 Å². The quantitative estimate of drug-likeness (QED) is 0.642. The Hall–Kier alpha value is -0.840. The fraction of sp³-hybridized carbons (Fsp3) is 0.429. The number of allylic oxidation sites excluding steroid dienone is 1. The van der Waals surface area contributed by atoms with Crippen LogP contribution in [0.5, 0.6) is 0 Å². The van der Waals surface area contributed by atoms with Crippen molar-refractivity contribution in [3.63, 3.8) is 0 Å². The molecule has 0 saturated heterocycles. The second-order valence-corrected chi connectivity index (χ2v) is 2.76. The lowest BCUT2D eigenvalue weighted by atomic mass is 10.4. The Morgan fingerprint density at radius 1 is 1.92 bits per heavy atom. The van der Waals surface area contributed by atoms with E-state index in [-0.39, 0.29) is 6.09 Å². The van der Waals surface area contributed by atoms with Crippen LogP contribution in [0.1, 0.15) is 0 Å². The summed E-state index contributed by atoms with van der Waals surface area (Å²) in [6.45, 7) is 0.525. The summed E-state index contributed by atoms with van der Waals surface area (Å²) in [5, 5.41) is 0.707. The maximum Gasteiger partial charge on any atom is 0.415 e. The fourth-order valence-electron chi connectivity index (χ4n) is 0.775. The number of ether oxygens (including phenoxy) is 1. The van der Waals surface area contributed by atoms with E-state index in [2.05, 4.69) is 25.7 Å². The number of amides is 1. The summed E-state index contributed by atoms with van der Waals surface area (Å²) in [5.74, 6) is 0. The highest BCUT2D eigenvalue weighted by molar-refractivity contribution is 9.09. The molecule has 0 fully saturated rings. The minimum absolute atomic E-state index is 0.386. The van der Waals surface area contributed by atoms with Crippen LogP contribution in [0, 0.1) is 0 Å². The number of rotatable bonds is 1. The second-order valence-electron chi connectivity index (χ2n) is 2.20. The van der Waals surface area contributed by atoms with Crippen molar-refractivity contribution in [2.75, 3.05) is 19.0 Å². The highest BCUT2D eigenvalue weighted by atomic mass is 79.9. The van der Waals surface area contributed by atoms with Crippen LogP contribution < -0.4 is 0 Å². The highest BCUT2D eigenvalue weighted by Crippen LogP contribution is 2.06. The van der Waals surface area contributed by atoms with Crippen LogP contribution in [-0.4, -0.2) is 36.3 Å². The van der Waals surface area contributed by atoms with E-state index in [4.69, 9.17) is 0 Å². The SMILES string of the molecule is COC(=O)N1C=NC(CBr)=CC1. The summed E-state index contributed by atoms with van der Waals surface area (Å²) in [5.41, 5.74) is 0.926. The average molecular weight is 233 g/mol. The van der Waals surface area contributed by atoms with E-state index in [1.165, 1.54) is 18.3 Å². The van der Waals surface area contributed by atoms with Gasteiger partial charge in [-0.05, 0) is 6.08 Å². The molecule has 0 spiro atoms. The zero-order valence-corrected chi connectivity index (χ0v) is 8.24. The fourth-order valence-corrected chi connectivity index (χ4v) is 1.15. The minimum atomic E-state index is -0.386. The molecule has 0 saturated carbocycles. The number of nitrogens with zero attached hydrogens (tertiary/aromatic N) is 2. The Morgan fingerprint density at radius 2 is 2.67 bits per heavy atom. The van der Waals surface area contributed by atoms with Gasteiger partial charge >= 0.3 is 6.09 Å². The molecule has 1 amide bonds. The predicted molar refractivity (Wildman–Crippen MR) is 49.5 cm³/mol. The molecule has 0 aliphatic carbocycles. The van der Waals surface area contributed by atoms with Gasteiger partial charge in [0.1, 0.15) is 6.34 Å². The van der Waals surface area contributed by atoms with E-state index in [9.17, 15) is 4.79 Å². The van der Waals surface area contributed by atoms with Crippen molar-refractivity contribution in [1.29, 1.82) is 0 Å². The average Bonchev–Trinajstić information content (AvgIpc) is 2.17. The van der Waals surface area contributed by atoms with Gasteiger partial charge in [-0.3, -0.25) is 4.90 Å². The summed E-state index contributed by atoms with van der Waals surface area (Å²) in [7, 11) is 1.35. The lowest BCUT2D eigenvalue weighted by Gasteiger charge is -2.17. The van der Waals surface area contributed by atoms with E-state index < -0.39 is 0 Å². The van der Waals surface area contributed by atoms with E-state index >= 15 is 0 Å². The summed E-state index contributed by atoms with van der Waals surface area (Å²) in [6.07, 6.45) is 2.96. The Bertz CT molecular complexity index is 238. The van der Waals surface area contributed by atoms with Crippen molar-refractivity contribution in [2.24, 2.45) is 4.99 Å². The molecule has 66 valence electrons. The molecule has 4 nitrogen and oxygen atoms in total. The Balaban J connectivity index is 2.53. The molecule has 0 aromatic carbocycles. The lowest BCUT2D eigenvalue weighted by Crippen LogP contribution is -2.31. The molecule has 0 atom stereocenters. The minimum Gasteiger partial charge on any atom is -0.452 e. The van der Waals surface area contributed by atoms with Gasteiger partial charge in [0, 0.05) is 5.33 Å². The number of halogens is 1. The molecule has 5 heteroatoms. The van der Waals surface area contributed by atoms with Gasteiger partial charge in [-0.1, -0.05) is 15.9 Å². The van der Waals surface area contributed by atoms with E-state index in [0.29, 0.717) is 11.9 Å². The van der Waals surface area contributed by atoms with Crippen LogP contribution in [0.4, 0.5) is 4.79 Å². The number of hydrogen-bond donors (Lipinski definition) is 0. The first-order valence-corrected chi connectivity index (χ1v) is 4.54. The van der Waals surface area contributed by atoms with Crippen LogP contribution >= 0.6 is 15.9 Å². The number of aliphatic imine (C=N–C) groups is 1. The van der Waals surface area contributed by atoms with Crippen molar-refractivity contribution in [2.45, 2.75) is 0 Å². The van der Waals surface area contributed by atoms with Crippen molar-refractivity contribution in [3.05, 3.63) is 11.8 Å². The monoisotopic (exact) mass is 232 g/mol. The largest absolute Gasteiger partial charge is 0.452 e. The normalized spacial score (nSPS) is 15.8. The molecule has 12 heavy (non-hydrogen) atoms. The van der Waals surface area contributed by atoms with Crippen molar-refractivity contribution < 1.29 is 9.53 Å². The maximum atomic E-state index is 10.9. The first-order valence-electron chi connectivity index (χ1n) is 3.41. The van der Waals surface area contributed by atoms with Crippen LogP contribution in [0.15, 0.2) is 16.8 Å². The third-order valence-electron chi connectivity index (χ3n) is 1.43. The van der Waals surface area contributed by atoms with Crippen LogP contribution in [0.3, 0.4) is 0 Å². The van der Waals surface area contributed by atoms with Gasteiger partial charge in [0.15, 0.2) is 0 Å². The van der Waals surface area contributed by atoms with E-state index in [1.54, 1.807) is 0 Å². The number of carbonyl (C=O) groups excluding carboxylic acids is 1. The summed E-state index contributed by atoms with van der Waals surface area (Å²) in [4.78, 5) is 16.3. The third kappa shape index (κ3) is 2.07. The Kier molecular flexibility index (Phi) is 3.28. The van der Waals surface area contributed by atoms with Crippen LogP contribution in [0.25, 0.3) is 0 Å². The topological polar surface area (TPSA) is 41.9 Å². The predicted octanol–water partition coefficient (Wildman–Crippen LogP) is 1.38. The molecule has 0 unspecified atom stereocenters. The van der Waals surface area contributed by atoms with Gasteiger partial charge in [0.2, 0.25) is 0 Å². The highest BCUT2D eigenvalue weighted by Gasteiger charge is 2.12. The molecule has 0 aromatic heterocycles. The molecule has 0 bridgehead atoms. The zero-order valence-electron chi connectivity index (χ0n) is 6.66. The Labute approximate surface area is 79.0 Å². The van der Waals surface area contributed by atoms with Gasteiger partial charge in [-0.25, -0.2) is 9.79 Å². The van der Waals surface area contributed by atoms with Crippen LogP contribution in [0.2, 0.25) is 0 Å².